The summed E-state index contributed by atoms with van der Waals surface area (Å²) in [5.74, 6) is 0.00755. The molecule has 1 fully saturated rings. The van der Waals surface area contributed by atoms with Crippen molar-refractivity contribution in [1.82, 2.24) is 5.32 Å². The van der Waals surface area contributed by atoms with Crippen molar-refractivity contribution in [3.63, 3.8) is 0 Å². The number of hydrogen-bond acceptors (Lipinski definition) is 5. The molecule has 1 heterocycles. The molecule has 0 unspecified atom stereocenters. The molecule has 0 spiro atoms. The summed E-state index contributed by atoms with van der Waals surface area (Å²) in [6.45, 7) is 2.43. The van der Waals surface area contributed by atoms with Crippen LogP contribution in [0.2, 0.25) is 0 Å². The van der Waals surface area contributed by atoms with E-state index in [2.05, 4.69) is 9.50 Å². The normalized spacial score (nSPS) is 20.3. The summed E-state index contributed by atoms with van der Waals surface area (Å²) in [6, 6.07) is 4.34. The second-order valence-corrected chi connectivity index (χ2v) is 5.95. The lowest BCUT2D eigenvalue weighted by Gasteiger charge is -2.15. The molecule has 1 aliphatic heterocycles. The first-order valence-corrected chi connectivity index (χ1v) is 7.04. The highest BCUT2D eigenvalue weighted by Gasteiger charge is 2.31. The number of hydrogen-bond donors (Lipinski definition) is 1. The van der Waals surface area contributed by atoms with Gasteiger partial charge in [-0.05, 0) is 18.6 Å². The van der Waals surface area contributed by atoms with Gasteiger partial charge in [0.2, 0.25) is 0 Å². The minimum Gasteiger partial charge on any atom is -0.303 e. The van der Waals surface area contributed by atoms with Crippen LogP contribution in [0.5, 0.6) is 0 Å². The van der Waals surface area contributed by atoms with E-state index in [0.29, 0.717) is 18.5 Å². The molecular formula is C12H15NO4S. The van der Waals surface area contributed by atoms with E-state index in [9.17, 15) is 13.2 Å². The average molecular weight is 269 g/mol. The van der Waals surface area contributed by atoms with Crippen LogP contribution >= 0.6 is 0 Å². The third-order valence-corrected chi connectivity index (χ3v) is 4.36. The van der Waals surface area contributed by atoms with Crippen LogP contribution in [0.4, 0.5) is 0 Å². The lowest BCUT2D eigenvalue weighted by atomic mass is 10.0. The molecule has 0 saturated carbocycles. The number of rotatable bonds is 3. The molecule has 1 aromatic rings. The first kappa shape index (κ1) is 13.2. The third kappa shape index (κ3) is 2.31. The van der Waals surface area contributed by atoms with Crippen molar-refractivity contribution >= 4 is 15.9 Å². The van der Waals surface area contributed by atoms with Gasteiger partial charge in [0.05, 0.1) is 18.0 Å². The Morgan fingerprint density at radius 1 is 1.39 bits per heavy atom. The SMILES string of the molecule is COS(=O)(=O)c1ccc(C)cc1[C@@H]1NCCC1=O. The van der Waals surface area contributed by atoms with E-state index >= 15 is 0 Å². The van der Waals surface area contributed by atoms with E-state index in [0.717, 1.165) is 12.7 Å². The van der Waals surface area contributed by atoms with Crippen molar-refractivity contribution in [2.24, 2.45) is 0 Å². The van der Waals surface area contributed by atoms with Crippen LogP contribution in [0.15, 0.2) is 23.1 Å². The molecule has 1 aliphatic rings. The van der Waals surface area contributed by atoms with Crippen molar-refractivity contribution in [3.8, 4) is 0 Å². The van der Waals surface area contributed by atoms with Crippen molar-refractivity contribution in [3.05, 3.63) is 29.3 Å². The third-order valence-electron chi connectivity index (χ3n) is 3.01. The highest BCUT2D eigenvalue weighted by Crippen LogP contribution is 2.28. The molecule has 0 aliphatic carbocycles. The van der Waals surface area contributed by atoms with Crippen LogP contribution in [0.1, 0.15) is 23.6 Å². The number of aryl methyl sites for hydroxylation is 1. The van der Waals surface area contributed by atoms with E-state index in [1.54, 1.807) is 12.1 Å². The van der Waals surface area contributed by atoms with Crippen LogP contribution in [-0.4, -0.2) is 27.9 Å². The molecule has 1 aromatic carbocycles. The van der Waals surface area contributed by atoms with E-state index in [1.165, 1.54) is 6.07 Å². The Morgan fingerprint density at radius 3 is 2.67 bits per heavy atom. The second-order valence-electron chi connectivity index (χ2n) is 4.27. The van der Waals surface area contributed by atoms with Gasteiger partial charge < -0.3 is 5.32 Å². The van der Waals surface area contributed by atoms with Crippen LogP contribution in [0.25, 0.3) is 0 Å². The van der Waals surface area contributed by atoms with Gasteiger partial charge in [-0.25, -0.2) is 0 Å². The molecule has 18 heavy (non-hydrogen) atoms. The smallest absolute Gasteiger partial charge is 0.297 e. The highest BCUT2D eigenvalue weighted by molar-refractivity contribution is 7.86. The van der Waals surface area contributed by atoms with Gasteiger partial charge in [-0.2, -0.15) is 8.42 Å². The molecule has 0 bridgehead atoms. The van der Waals surface area contributed by atoms with Gasteiger partial charge >= 0.3 is 0 Å². The van der Waals surface area contributed by atoms with E-state index < -0.39 is 16.2 Å². The first-order valence-electron chi connectivity index (χ1n) is 5.63. The monoisotopic (exact) mass is 269 g/mol. The van der Waals surface area contributed by atoms with Crippen molar-refractivity contribution < 1.29 is 17.4 Å². The fraction of sp³-hybridized carbons (Fsp3) is 0.417. The van der Waals surface area contributed by atoms with E-state index in [4.69, 9.17) is 0 Å². The molecule has 6 heteroatoms. The second kappa shape index (κ2) is 4.79. The number of benzene rings is 1. The molecule has 1 saturated heterocycles. The predicted octanol–water partition coefficient (Wildman–Crippen LogP) is 0.934. The Balaban J connectivity index is 2.58. The fourth-order valence-electron chi connectivity index (χ4n) is 2.09. The molecule has 1 N–H and O–H groups in total. The molecule has 98 valence electrons. The van der Waals surface area contributed by atoms with Gasteiger partial charge in [0.1, 0.15) is 0 Å². The maximum absolute atomic E-state index is 11.8. The number of nitrogens with one attached hydrogen (secondary N) is 1. The van der Waals surface area contributed by atoms with Gasteiger partial charge in [0.25, 0.3) is 10.1 Å². The van der Waals surface area contributed by atoms with Crippen LogP contribution in [0, 0.1) is 6.92 Å². The average Bonchev–Trinajstić information content (AvgIpc) is 2.75. The summed E-state index contributed by atoms with van der Waals surface area (Å²) < 4.78 is 28.2. The summed E-state index contributed by atoms with van der Waals surface area (Å²) >= 11 is 0. The summed E-state index contributed by atoms with van der Waals surface area (Å²) in [5, 5.41) is 3.02. The lowest BCUT2D eigenvalue weighted by molar-refractivity contribution is -0.118. The number of carbonyl (C=O) groups is 1. The summed E-state index contributed by atoms with van der Waals surface area (Å²) in [4.78, 5) is 11.8. The van der Waals surface area contributed by atoms with Gasteiger partial charge in [0.15, 0.2) is 5.78 Å². The van der Waals surface area contributed by atoms with Gasteiger partial charge in [0, 0.05) is 13.0 Å². The number of ketones is 1. The Labute approximate surface area is 106 Å². The van der Waals surface area contributed by atoms with Crippen LogP contribution in [0.3, 0.4) is 0 Å². The molecule has 2 rings (SSSR count). The van der Waals surface area contributed by atoms with Crippen LogP contribution in [-0.2, 0) is 19.1 Å². The van der Waals surface area contributed by atoms with E-state index in [1.807, 2.05) is 6.92 Å². The number of Topliss-reactive ketones (excluding diaryl/α,β-unsaturated/α-hetero) is 1. The molecule has 1 atom stereocenters. The zero-order chi connectivity index (χ0) is 13.3. The van der Waals surface area contributed by atoms with Crippen molar-refractivity contribution in [2.75, 3.05) is 13.7 Å². The van der Waals surface area contributed by atoms with Crippen molar-refractivity contribution in [1.29, 1.82) is 0 Å². The minimum absolute atomic E-state index is 0.00755. The summed E-state index contributed by atoms with van der Waals surface area (Å²) in [5.41, 5.74) is 1.38. The highest BCUT2D eigenvalue weighted by atomic mass is 32.2. The summed E-state index contributed by atoms with van der Waals surface area (Å²) in [7, 11) is -2.68. The topological polar surface area (TPSA) is 72.5 Å². The van der Waals surface area contributed by atoms with Gasteiger partial charge in [-0.15, -0.1) is 0 Å². The zero-order valence-electron chi connectivity index (χ0n) is 10.3. The lowest BCUT2D eigenvalue weighted by Crippen LogP contribution is -2.21. The molecular weight excluding hydrogens is 254 g/mol. The standard InChI is InChI=1S/C12H15NO4S/c1-8-3-4-11(18(15,16)17-2)9(7-8)12-10(14)5-6-13-12/h3-4,7,12-13H,5-6H2,1-2H3/t12-/m0/s1. The van der Waals surface area contributed by atoms with E-state index in [-0.39, 0.29) is 10.7 Å². The molecule has 5 nitrogen and oxygen atoms in total. The Hall–Kier alpha value is -1.24. The predicted molar refractivity (Wildman–Crippen MR) is 65.7 cm³/mol. The maximum Gasteiger partial charge on any atom is 0.297 e. The molecule has 0 radical (unpaired) electrons. The van der Waals surface area contributed by atoms with Gasteiger partial charge in [-0.3, -0.25) is 8.98 Å². The molecule has 0 amide bonds. The first-order chi connectivity index (χ1) is 8.45. The van der Waals surface area contributed by atoms with Crippen molar-refractivity contribution in [2.45, 2.75) is 24.3 Å². The zero-order valence-corrected chi connectivity index (χ0v) is 11.1. The minimum atomic E-state index is -3.80. The Kier molecular flexibility index (Phi) is 3.52. The Bertz CT molecular complexity index is 580. The molecule has 0 aromatic heterocycles. The fourth-order valence-corrected chi connectivity index (χ4v) is 2.97. The quantitative estimate of drug-likeness (QED) is 0.827. The Morgan fingerprint density at radius 2 is 2.11 bits per heavy atom. The van der Waals surface area contributed by atoms with Gasteiger partial charge in [-0.1, -0.05) is 17.7 Å². The summed E-state index contributed by atoms with van der Waals surface area (Å²) in [6.07, 6.45) is 0.422. The number of carbonyl (C=O) groups excluding carboxylic acids is 1. The maximum atomic E-state index is 11.8. The van der Waals surface area contributed by atoms with Crippen LogP contribution < -0.4 is 5.32 Å². The largest absolute Gasteiger partial charge is 0.303 e.